The number of sulfonamides is 1. The molecule has 0 bridgehead atoms. The van der Waals surface area contributed by atoms with Crippen LogP contribution in [0.25, 0.3) is 0 Å². The molecule has 1 aliphatic rings. The lowest BCUT2D eigenvalue weighted by molar-refractivity contribution is -0.384. The number of ether oxygens (including phenoxy) is 1. The first-order valence-corrected chi connectivity index (χ1v) is 10.6. The third-order valence-corrected chi connectivity index (χ3v) is 6.03. The Bertz CT molecular complexity index is 1040. The molecule has 0 spiro atoms. The quantitative estimate of drug-likeness (QED) is 0.523. The zero-order valence-corrected chi connectivity index (χ0v) is 16.8. The van der Waals surface area contributed by atoms with Crippen molar-refractivity contribution in [3.05, 3.63) is 57.6 Å². The summed E-state index contributed by atoms with van der Waals surface area (Å²) in [7, 11) is -4.09. The largest absolute Gasteiger partial charge is 0.484 e. The van der Waals surface area contributed by atoms with Gasteiger partial charge in [-0.25, -0.2) is 8.42 Å². The fourth-order valence-corrected chi connectivity index (χ4v) is 4.12. The third kappa shape index (κ3) is 5.15. The average molecular weight is 440 g/mol. The first-order chi connectivity index (χ1) is 13.8. The van der Waals surface area contributed by atoms with Gasteiger partial charge in [0.05, 0.1) is 15.5 Å². The second kappa shape index (κ2) is 8.66. The molecule has 1 aliphatic heterocycles. The van der Waals surface area contributed by atoms with Crippen LogP contribution in [0, 0.1) is 10.1 Å². The number of benzene rings is 2. The molecule has 2 aromatic rings. The smallest absolute Gasteiger partial charge is 0.289 e. The van der Waals surface area contributed by atoms with Crippen LogP contribution in [0.5, 0.6) is 5.75 Å². The summed E-state index contributed by atoms with van der Waals surface area (Å²) in [6.45, 7) is 1.30. The van der Waals surface area contributed by atoms with Crippen LogP contribution in [-0.4, -0.2) is 43.8 Å². The molecule has 154 valence electrons. The lowest BCUT2D eigenvalue weighted by Crippen LogP contribution is -2.32. The lowest BCUT2D eigenvalue weighted by Gasteiger charge is -2.16. The van der Waals surface area contributed by atoms with Crippen LogP contribution in [0.3, 0.4) is 0 Å². The molecule has 0 aliphatic carbocycles. The number of likely N-dealkylation sites (tertiary alicyclic amines) is 1. The van der Waals surface area contributed by atoms with Gasteiger partial charge in [0, 0.05) is 25.2 Å². The fourth-order valence-electron chi connectivity index (χ4n) is 2.87. The van der Waals surface area contributed by atoms with Crippen molar-refractivity contribution in [2.75, 3.05) is 24.4 Å². The Balaban J connectivity index is 1.71. The number of rotatable bonds is 7. The maximum atomic E-state index is 12.6. The van der Waals surface area contributed by atoms with E-state index in [4.69, 9.17) is 16.3 Å². The second-order valence-corrected chi connectivity index (χ2v) is 8.47. The number of nitrogens with zero attached hydrogens (tertiary/aromatic N) is 2. The first kappa shape index (κ1) is 20.9. The van der Waals surface area contributed by atoms with Crippen LogP contribution < -0.4 is 9.46 Å². The van der Waals surface area contributed by atoms with Gasteiger partial charge in [-0.2, -0.15) is 0 Å². The molecule has 11 heteroatoms. The number of carbonyl (C=O) groups excluding carboxylic acids is 1. The van der Waals surface area contributed by atoms with E-state index in [0.29, 0.717) is 5.75 Å². The van der Waals surface area contributed by atoms with Crippen LogP contribution in [0.4, 0.5) is 11.4 Å². The molecule has 1 heterocycles. The molecule has 0 aromatic heterocycles. The molecular formula is C18H18ClN3O6S. The van der Waals surface area contributed by atoms with E-state index in [2.05, 4.69) is 4.72 Å². The minimum atomic E-state index is -4.09. The summed E-state index contributed by atoms with van der Waals surface area (Å²) in [5.74, 6) is 0.196. The topological polar surface area (TPSA) is 119 Å². The van der Waals surface area contributed by atoms with E-state index in [1.54, 1.807) is 17.0 Å². The number of halogens is 1. The highest BCUT2D eigenvalue weighted by Gasteiger charge is 2.21. The van der Waals surface area contributed by atoms with Gasteiger partial charge in [-0.1, -0.05) is 17.7 Å². The van der Waals surface area contributed by atoms with E-state index in [1.165, 1.54) is 18.2 Å². The molecule has 1 saturated heterocycles. The van der Waals surface area contributed by atoms with Gasteiger partial charge in [-0.3, -0.25) is 19.6 Å². The molecule has 1 N–H and O–H groups in total. The highest BCUT2D eigenvalue weighted by atomic mass is 35.5. The van der Waals surface area contributed by atoms with Crippen LogP contribution >= 0.6 is 11.6 Å². The highest BCUT2D eigenvalue weighted by molar-refractivity contribution is 7.92. The van der Waals surface area contributed by atoms with Crippen molar-refractivity contribution in [3.63, 3.8) is 0 Å². The van der Waals surface area contributed by atoms with Crippen LogP contribution in [-0.2, 0) is 14.8 Å². The first-order valence-electron chi connectivity index (χ1n) is 8.74. The molecular weight excluding hydrogens is 422 g/mol. The molecule has 1 amide bonds. The van der Waals surface area contributed by atoms with Crippen molar-refractivity contribution < 1.29 is 22.9 Å². The number of nitro groups is 1. The predicted molar refractivity (Wildman–Crippen MR) is 107 cm³/mol. The normalized spacial score (nSPS) is 13.9. The number of anilines is 1. The maximum absolute atomic E-state index is 12.6. The fraction of sp³-hybridized carbons (Fsp3) is 0.278. The molecule has 9 nitrogen and oxygen atoms in total. The molecule has 29 heavy (non-hydrogen) atoms. The molecule has 0 unspecified atom stereocenters. The molecule has 1 fully saturated rings. The number of nitrogens with one attached hydrogen (secondary N) is 1. The number of carbonyl (C=O) groups is 1. The Morgan fingerprint density at radius 2 is 1.93 bits per heavy atom. The molecule has 0 atom stereocenters. The number of nitro benzene ring substituents is 1. The highest BCUT2D eigenvalue weighted by Crippen LogP contribution is 2.28. The second-order valence-electron chi connectivity index (χ2n) is 6.38. The number of hydrogen-bond donors (Lipinski definition) is 1. The summed E-state index contributed by atoms with van der Waals surface area (Å²) < 4.78 is 32.9. The van der Waals surface area contributed by atoms with Gasteiger partial charge in [0.2, 0.25) is 0 Å². The minimum Gasteiger partial charge on any atom is -0.484 e. The Kier molecular flexibility index (Phi) is 6.23. The van der Waals surface area contributed by atoms with Gasteiger partial charge in [0.1, 0.15) is 10.8 Å². The van der Waals surface area contributed by atoms with E-state index >= 15 is 0 Å². The van der Waals surface area contributed by atoms with Crippen LogP contribution in [0.15, 0.2) is 47.4 Å². The zero-order valence-electron chi connectivity index (χ0n) is 15.2. The third-order valence-electron chi connectivity index (χ3n) is 4.33. The van der Waals surface area contributed by atoms with Crippen LogP contribution in [0.2, 0.25) is 5.02 Å². The van der Waals surface area contributed by atoms with Crippen LogP contribution in [0.1, 0.15) is 12.8 Å². The van der Waals surface area contributed by atoms with E-state index < -0.39 is 20.6 Å². The average Bonchev–Trinajstić information content (AvgIpc) is 3.21. The summed E-state index contributed by atoms with van der Waals surface area (Å²) in [6.07, 6.45) is 1.96. The van der Waals surface area contributed by atoms with Gasteiger partial charge >= 0.3 is 0 Å². The minimum absolute atomic E-state index is 0.123. The van der Waals surface area contributed by atoms with E-state index in [9.17, 15) is 23.3 Å². The van der Waals surface area contributed by atoms with E-state index in [-0.39, 0.29) is 28.1 Å². The van der Waals surface area contributed by atoms with Crippen molar-refractivity contribution >= 4 is 38.9 Å². The molecule has 0 saturated carbocycles. The zero-order chi connectivity index (χ0) is 21.0. The van der Waals surface area contributed by atoms with Gasteiger partial charge in [0.15, 0.2) is 6.61 Å². The Morgan fingerprint density at radius 1 is 1.21 bits per heavy atom. The summed E-state index contributed by atoms with van der Waals surface area (Å²) in [5.41, 5.74) is -0.319. The number of amides is 1. The van der Waals surface area contributed by atoms with Crippen molar-refractivity contribution in [2.24, 2.45) is 0 Å². The molecule has 2 aromatic carbocycles. The Hall–Kier alpha value is -2.85. The van der Waals surface area contributed by atoms with Gasteiger partial charge < -0.3 is 9.64 Å². The summed E-state index contributed by atoms with van der Waals surface area (Å²) in [5, 5.41) is 10.8. The Morgan fingerprint density at radius 3 is 2.62 bits per heavy atom. The van der Waals surface area contributed by atoms with Crippen molar-refractivity contribution in [1.82, 2.24) is 4.90 Å². The number of hydrogen-bond acceptors (Lipinski definition) is 6. The van der Waals surface area contributed by atoms with Crippen molar-refractivity contribution in [1.29, 1.82) is 0 Å². The van der Waals surface area contributed by atoms with Crippen molar-refractivity contribution in [2.45, 2.75) is 17.7 Å². The van der Waals surface area contributed by atoms with Gasteiger partial charge in [-0.05, 0) is 37.1 Å². The summed E-state index contributed by atoms with van der Waals surface area (Å²) in [4.78, 5) is 23.7. The lowest BCUT2D eigenvalue weighted by atomic mass is 10.3. The summed E-state index contributed by atoms with van der Waals surface area (Å²) >= 11 is 5.73. The van der Waals surface area contributed by atoms with Crippen molar-refractivity contribution in [3.8, 4) is 5.75 Å². The van der Waals surface area contributed by atoms with Gasteiger partial charge in [0.25, 0.3) is 21.6 Å². The summed E-state index contributed by atoms with van der Waals surface area (Å²) in [6, 6.07) is 9.31. The van der Waals surface area contributed by atoms with E-state index in [1.807, 2.05) is 0 Å². The molecule has 0 radical (unpaired) electrons. The SMILES string of the molecule is O=C(COc1cccc(NS(=O)(=O)c2ccc(Cl)c([N+](=O)[O-])c2)c1)N1CCCC1. The van der Waals surface area contributed by atoms with E-state index in [0.717, 1.165) is 38.1 Å². The Labute approximate surface area is 172 Å². The predicted octanol–water partition coefficient (Wildman–Crippen LogP) is 3.05. The van der Waals surface area contributed by atoms with Gasteiger partial charge in [-0.15, -0.1) is 0 Å². The monoisotopic (exact) mass is 439 g/mol. The molecule has 3 rings (SSSR count). The maximum Gasteiger partial charge on any atom is 0.289 e. The standard InChI is InChI=1S/C18H18ClN3O6S/c19-16-7-6-15(11-17(16)22(24)25)29(26,27)20-13-4-3-5-14(10-13)28-12-18(23)21-8-1-2-9-21/h3-7,10-11,20H,1-2,8-9,12H2.